The predicted molar refractivity (Wildman–Crippen MR) is 84.4 cm³/mol. The Labute approximate surface area is 128 Å². The Balaban J connectivity index is 2.07. The number of aryl methyl sites for hydroxylation is 1. The SMILES string of the molecule is CCC(O)CCNC(=O)c1cc(=O)n(-c2ccc(C)cc2)[nH]1. The maximum absolute atomic E-state index is 12.0. The summed E-state index contributed by atoms with van der Waals surface area (Å²) in [5, 5.41) is 14.9. The number of hydrogen-bond acceptors (Lipinski definition) is 3. The first-order valence-corrected chi connectivity index (χ1v) is 7.36. The maximum Gasteiger partial charge on any atom is 0.271 e. The van der Waals surface area contributed by atoms with Gasteiger partial charge in [-0.1, -0.05) is 24.6 Å². The molecule has 1 heterocycles. The van der Waals surface area contributed by atoms with Gasteiger partial charge in [-0.05, 0) is 31.9 Å². The number of aromatic nitrogens is 2. The molecule has 1 aromatic carbocycles. The summed E-state index contributed by atoms with van der Waals surface area (Å²) in [6.45, 7) is 4.21. The summed E-state index contributed by atoms with van der Waals surface area (Å²) in [6.07, 6.45) is 0.721. The predicted octanol–water partition coefficient (Wildman–Crippen LogP) is 1.36. The number of carbonyl (C=O) groups is 1. The normalized spacial score (nSPS) is 12.1. The fourth-order valence-corrected chi connectivity index (χ4v) is 2.05. The molecule has 1 atom stereocenters. The lowest BCUT2D eigenvalue weighted by Gasteiger charge is -2.08. The molecular formula is C16H21N3O3. The Bertz CT molecular complexity index is 685. The van der Waals surface area contributed by atoms with Crippen LogP contribution in [0.25, 0.3) is 5.69 Å². The number of carbonyl (C=O) groups excluding carboxylic acids is 1. The van der Waals surface area contributed by atoms with E-state index in [0.717, 1.165) is 5.56 Å². The van der Waals surface area contributed by atoms with E-state index in [1.807, 2.05) is 38.1 Å². The number of aliphatic hydroxyl groups is 1. The summed E-state index contributed by atoms with van der Waals surface area (Å²) in [6, 6.07) is 8.69. The molecule has 22 heavy (non-hydrogen) atoms. The first-order valence-electron chi connectivity index (χ1n) is 7.36. The third kappa shape index (κ3) is 3.85. The molecule has 0 saturated heterocycles. The van der Waals surface area contributed by atoms with Gasteiger partial charge in [-0.25, -0.2) is 4.68 Å². The van der Waals surface area contributed by atoms with Gasteiger partial charge in [-0.2, -0.15) is 0 Å². The van der Waals surface area contributed by atoms with Crippen LogP contribution in [0.3, 0.4) is 0 Å². The number of aliphatic hydroxyl groups excluding tert-OH is 1. The second kappa shape index (κ2) is 7.09. The quantitative estimate of drug-likeness (QED) is 0.753. The van der Waals surface area contributed by atoms with Gasteiger partial charge in [-0.3, -0.25) is 14.7 Å². The van der Waals surface area contributed by atoms with Gasteiger partial charge in [0.2, 0.25) is 0 Å². The highest BCUT2D eigenvalue weighted by Gasteiger charge is 2.12. The van der Waals surface area contributed by atoms with Crippen molar-refractivity contribution in [1.82, 2.24) is 15.1 Å². The highest BCUT2D eigenvalue weighted by molar-refractivity contribution is 5.92. The third-order valence-corrected chi connectivity index (χ3v) is 3.49. The highest BCUT2D eigenvalue weighted by Crippen LogP contribution is 2.06. The summed E-state index contributed by atoms with van der Waals surface area (Å²) in [5.74, 6) is -0.355. The van der Waals surface area contributed by atoms with Crippen LogP contribution >= 0.6 is 0 Å². The van der Waals surface area contributed by atoms with Crippen molar-refractivity contribution in [2.75, 3.05) is 6.54 Å². The van der Waals surface area contributed by atoms with E-state index in [2.05, 4.69) is 10.4 Å². The minimum atomic E-state index is -0.420. The molecule has 0 aliphatic carbocycles. The fourth-order valence-electron chi connectivity index (χ4n) is 2.05. The number of nitrogens with one attached hydrogen (secondary N) is 2. The van der Waals surface area contributed by atoms with Crippen LogP contribution in [0.1, 0.15) is 35.8 Å². The van der Waals surface area contributed by atoms with Gasteiger partial charge in [0.05, 0.1) is 11.8 Å². The van der Waals surface area contributed by atoms with Crippen molar-refractivity contribution in [2.24, 2.45) is 0 Å². The Morgan fingerprint density at radius 3 is 2.68 bits per heavy atom. The van der Waals surface area contributed by atoms with E-state index in [0.29, 0.717) is 25.1 Å². The third-order valence-electron chi connectivity index (χ3n) is 3.49. The van der Waals surface area contributed by atoms with Crippen LogP contribution in [-0.2, 0) is 0 Å². The molecular weight excluding hydrogens is 282 g/mol. The average molecular weight is 303 g/mol. The lowest BCUT2D eigenvalue weighted by Crippen LogP contribution is -2.27. The number of aromatic amines is 1. The Morgan fingerprint density at radius 1 is 1.36 bits per heavy atom. The Kier molecular flexibility index (Phi) is 5.16. The zero-order valence-corrected chi connectivity index (χ0v) is 12.8. The van der Waals surface area contributed by atoms with E-state index in [9.17, 15) is 14.7 Å². The average Bonchev–Trinajstić information content (AvgIpc) is 2.90. The first-order chi connectivity index (χ1) is 10.5. The molecule has 0 fully saturated rings. The van der Waals surface area contributed by atoms with Gasteiger partial charge in [0.25, 0.3) is 11.5 Å². The summed E-state index contributed by atoms with van der Waals surface area (Å²) in [5.41, 5.74) is 1.69. The molecule has 1 amide bonds. The largest absolute Gasteiger partial charge is 0.393 e. The second-order valence-corrected chi connectivity index (χ2v) is 5.29. The topological polar surface area (TPSA) is 87.1 Å². The molecule has 3 N–H and O–H groups in total. The molecule has 2 rings (SSSR count). The summed E-state index contributed by atoms with van der Waals surface area (Å²) in [7, 11) is 0. The van der Waals surface area contributed by atoms with Crippen LogP contribution in [0.15, 0.2) is 35.1 Å². The van der Waals surface area contributed by atoms with Crippen molar-refractivity contribution in [3.63, 3.8) is 0 Å². The molecule has 1 unspecified atom stereocenters. The highest BCUT2D eigenvalue weighted by atomic mass is 16.3. The van der Waals surface area contributed by atoms with Crippen LogP contribution in [-0.4, -0.2) is 33.4 Å². The van der Waals surface area contributed by atoms with E-state index in [4.69, 9.17) is 0 Å². The molecule has 0 saturated carbocycles. The zero-order valence-electron chi connectivity index (χ0n) is 12.8. The standard InChI is InChI=1S/C16H21N3O3/c1-3-13(20)8-9-17-16(22)14-10-15(21)19(18-14)12-6-4-11(2)5-7-12/h4-7,10,13,18,20H,3,8-9H2,1-2H3,(H,17,22). The monoisotopic (exact) mass is 303 g/mol. The number of H-pyrrole nitrogens is 1. The van der Waals surface area contributed by atoms with Crippen LogP contribution in [0.5, 0.6) is 0 Å². The van der Waals surface area contributed by atoms with Crippen LogP contribution in [0, 0.1) is 6.92 Å². The number of amides is 1. The van der Waals surface area contributed by atoms with Crippen LogP contribution in [0.4, 0.5) is 0 Å². The van der Waals surface area contributed by atoms with Crippen molar-refractivity contribution in [2.45, 2.75) is 32.8 Å². The van der Waals surface area contributed by atoms with Gasteiger partial charge < -0.3 is 10.4 Å². The van der Waals surface area contributed by atoms with E-state index in [-0.39, 0.29) is 17.2 Å². The summed E-state index contributed by atoms with van der Waals surface area (Å²) >= 11 is 0. The van der Waals surface area contributed by atoms with Gasteiger partial charge in [0.1, 0.15) is 5.69 Å². The molecule has 0 radical (unpaired) electrons. The van der Waals surface area contributed by atoms with Crippen LogP contribution in [0.2, 0.25) is 0 Å². The Hall–Kier alpha value is -2.34. The number of benzene rings is 1. The van der Waals surface area contributed by atoms with E-state index in [1.165, 1.54) is 10.7 Å². The second-order valence-electron chi connectivity index (χ2n) is 5.29. The molecule has 0 aliphatic rings. The lowest BCUT2D eigenvalue weighted by atomic mass is 10.2. The molecule has 0 spiro atoms. The number of rotatable bonds is 6. The van der Waals surface area contributed by atoms with Crippen molar-refractivity contribution in [3.05, 3.63) is 51.9 Å². The molecule has 118 valence electrons. The maximum atomic E-state index is 12.0. The van der Waals surface area contributed by atoms with Crippen molar-refractivity contribution in [1.29, 1.82) is 0 Å². The molecule has 6 heteroatoms. The van der Waals surface area contributed by atoms with Crippen molar-refractivity contribution in [3.8, 4) is 5.69 Å². The molecule has 0 bridgehead atoms. The first kappa shape index (κ1) is 16.0. The van der Waals surface area contributed by atoms with Crippen LogP contribution < -0.4 is 10.9 Å². The minimum Gasteiger partial charge on any atom is -0.393 e. The van der Waals surface area contributed by atoms with E-state index < -0.39 is 6.10 Å². The molecule has 0 aliphatic heterocycles. The van der Waals surface area contributed by atoms with Gasteiger partial charge >= 0.3 is 0 Å². The fraction of sp³-hybridized carbons (Fsp3) is 0.375. The smallest absolute Gasteiger partial charge is 0.271 e. The minimum absolute atomic E-state index is 0.205. The Morgan fingerprint density at radius 2 is 2.05 bits per heavy atom. The number of hydrogen-bond donors (Lipinski definition) is 3. The molecule has 6 nitrogen and oxygen atoms in total. The van der Waals surface area contributed by atoms with Gasteiger partial charge in [0, 0.05) is 12.6 Å². The van der Waals surface area contributed by atoms with Gasteiger partial charge in [-0.15, -0.1) is 0 Å². The molecule has 1 aromatic heterocycles. The number of nitrogens with zero attached hydrogens (tertiary/aromatic N) is 1. The summed E-state index contributed by atoms with van der Waals surface area (Å²) < 4.78 is 1.33. The summed E-state index contributed by atoms with van der Waals surface area (Å²) in [4.78, 5) is 24.0. The van der Waals surface area contributed by atoms with E-state index >= 15 is 0 Å². The zero-order chi connectivity index (χ0) is 16.1. The molecule has 2 aromatic rings. The van der Waals surface area contributed by atoms with Crippen molar-refractivity contribution >= 4 is 5.91 Å². The van der Waals surface area contributed by atoms with Gasteiger partial charge in [0.15, 0.2) is 0 Å². The van der Waals surface area contributed by atoms with Crippen molar-refractivity contribution < 1.29 is 9.90 Å². The van der Waals surface area contributed by atoms with E-state index in [1.54, 1.807) is 0 Å². The lowest BCUT2D eigenvalue weighted by molar-refractivity contribution is 0.0936.